The standard InChI is InChI=1S/C11H9F4NO3/c12-8-1-2-9(7(3-8)4-17)19-5-10(18)16-6-11(13,14)15/h1-4H,5-6H2,(H,16,18). The maximum absolute atomic E-state index is 12.8. The van der Waals surface area contributed by atoms with E-state index in [0.29, 0.717) is 6.29 Å². The summed E-state index contributed by atoms with van der Waals surface area (Å²) in [6.45, 7) is -2.18. The highest BCUT2D eigenvalue weighted by Crippen LogP contribution is 2.17. The fourth-order valence-corrected chi connectivity index (χ4v) is 1.14. The Morgan fingerprint density at radius 3 is 2.63 bits per heavy atom. The molecule has 0 unspecified atom stereocenters. The molecule has 0 aliphatic rings. The molecule has 1 rings (SSSR count). The lowest BCUT2D eigenvalue weighted by atomic mass is 10.2. The number of rotatable bonds is 5. The number of halogens is 4. The van der Waals surface area contributed by atoms with E-state index in [9.17, 15) is 27.2 Å². The van der Waals surface area contributed by atoms with Crippen LogP contribution in [0.15, 0.2) is 18.2 Å². The lowest BCUT2D eigenvalue weighted by molar-refractivity contribution is -0.139. The topological polar surface area (TPSA) is 55.4 Å². The summed E-state index contributed by atoms with van der Waals surface area (Å²) in [5, 5.41) is 1.59. The van der Waals surface area contributed by atoms with Crippen molar-refractivity contribution in [2.75, 3.05) is 13.2 Å². The number of ether oxygens (including phenoxy) is 1. The Balaban J connectivity index is 2.53. The molecular weight excluding hydrogens is 270 g/mol. The number of hydrogen-bond donors (Lipinski definition) is 1. The van der Waals surface area contributed by atoms with Crippen molar-refractivity contribution in [3.05, 3.63) is 29.6 Å². The van der Waals surface area contributed by atoms with Crippen LogP contribution >= 0.6 is 0 Å². The van der Waals surface area contributed by atoms with Crippen LogP contribution in [0.4, 0.5) is 17.6 Å². The number of aldehydes is 1. The lowest BCUT2D eigenvalue weighted by Crippen LogP contribution is -2.36. The molecule has 0 radical (unpaired) electrons. The van der Waals surface area contributed by atoms with Gasteiger partial charge in [-0.25, -0.2) is 4.39 Å². The molecule has 0 bridgehead atoms. The molecule has 19 heavy (non-hydrogen) atoms. The largest absolute Gasteiger partial charge is 0.483 e. The van der Waals surface area contributed by atoms with Crippen molar-refractivity contribution in [3.8, 4) is 5.75 Å². The summed E-state index contributed by atoms with van der Waals surface area (Å²) in [5.41, 5.74) is -0.136. The summed E-state index contributed by atoms with van der Waals surface area (Å²) in [7, 11) is 0. The van der Waals surface area contributed by atoms with Crippen molar-refractivity contribution in [2.45, 2.75) is 6.18 Å². The van der Waals surface area contributed by atoms with Gasteiger partial charge >= 0.3 is 6.18 Å². The number of carbonyl (C=O) groups is 2. The maximum atomic E-state index is 12.8. The fraction of sp³-hybridized carbons (Fsp3) is 0.273. The van der Waals surface area contributed by atoms with E-state index in [0.717, 1.165) is 18.2 Å². The molecule has 0 aromatic heterocycles. The van der Waals surface area contributed by atoms with E-state index in [4.69, 9.17) is 4.74 Å². The van der Waals surface area contributed by atoms with E-state index in [-0.39, 0.29) is 11.3 Å². The van der Waals surface area contributed by atoms with Crippen LogP contribution in [-0.4, -0.2) is 31.5 Å². The van der Waals surface area contributed by atoms with Gasteiger partial charge in [-0.05, 0) is 18.2 Å². The molecule has 1 N–H and O–H groups in total. The summed E-state index contributed by atoms with van der Waals surface area (Å²) >= 11 is 0. The Labute approximate surface area is 105 Å². The summed E-state index contributed by atoms with van der Waals surface area (Å²) in [6, 6.07) is 2.99. The molecule has 0 fully saturated rings. The van der Waals surface area contributed by atoms with Crippen LogP contribution in [0.25, 0.3) is 0 Å². The lowest BCUT2D eigenvalue weighted by Gasteiger charge is -2.10. The third-order valence-corrected chi connectivity index (χ3v) is 1.94. The molecule has 0 saturated heterocycles. The molecule has 0 aliphatic heterocycles. The van der Waals surface area contributed by atoms with Crippen molar-refractivity contribution in [1.29, 1.82) is 0 Å². The highest BCUT2D eigenvalue weighted by Gasteiger charge is 2.27. The monoisotopic (exact) mass is 279 g/mol. The van der Waals surface area contributed by atoms with Crippen LogP contribution in [0.1, 0.15) is 10.4 Å². The van der Waals surface area contributed by atoms with Gasteiger partial charge in [0.05, 0.1) is 5.56 Å². The van der Waals surface area contributed by atoms with Crippen molar-refractivity contribution in [1.82, 2.24) is 5.32 Å². The maximum Gasteiger partial charge on any atom is 0.405 e. The normalized spacial score (nSPS) is 10.9. The van der Waals surface area contributed by atoms with Crippen LogP contribution in [0.2, 0.25) is 0 Å². The summed E-state index contributed by atoms with van der Waals surface area (Å²) in [6.07, 6.45) is -4.20. The third kappa shape index (κ3) is 5.36. The van der Waals surface area contributed by atoms with Crippen LogP contribution in [0, 0.1) is 5.82 Å². The average Bonchev–Trinajstić information content (AvgIpc) is 2.33. The molecule has 8 heteroatoms. The van der Waals surface area contributed by atoms with Gasteiger partial charge in [0.2, 0.25) is 0 Å². The van der Waals surface area contributed by atoms with E-state index in [1.165, 1.54) is 0 Å². The van der Waals surface area contributed by atoms with E-state index < -0.39 is 31.1 Å². The molecule has 104 valence electrons. The predicted octanol–water partition coefficient (Wildman–Crippen LogP) is 1.70. The second-order valence-electron chi connectivity index (χ2n) is 3.48. The number of hydrogen-bond acceptors (Lipinski definition) is 3. The molecule has 1 amide bonds. The minimum Gasteiger partial charge on any atom is -0.483 e. The van der Waals surface area contributed by atoms with Gasteiger partial charge < -0.3 is 10.1 Å². The van der Waals surface area contributed by atoms with Gasteiger partial charge in [0, 0.05) is 0 Å². The zero-order valence-corrected chi connectivity index (χ0v) is 9.46. The Hall–Kier alpha value is -2.12. The number of carbonyl (C=O) groups excluding carboxylic acids is 2. The SMILES string of the molecule is O=Cc1cc(F)ccc1OCC(=O)NCC(F)(F)F. The first-order valence-electron chi connectivity index (χ1n) is 5.03. The average molecular weight is 279 g/mol. The zero-order valence-electron chi connectivity index (χ0n) is 9.46. The molecule has 0 aliphatic carbocycles. The fourth-order valence-electron chi connectivity index (χ4n) is 1.14. The van der Waals surface area contributed by atoms with Crippen molar-refractivity contribution in [2.24, 2.45) is 0 Å². The zero-order chi connectivity index (χ0) is 14.5. The van der Waals surface area contributed by atoms with Crippen molar-refractivity contribution >= 4 is 12.2 Å². The molecule has 4 nitrogen and oxygen atoms in total. The van der Waals surface area contributed by atoms with E-state index in [2.05, 4.69) is 0 Å². The highest BCUT2D eigenvalue weighted by molar-refractivity contribution is 5.80. The summed E-state index contributed by atoms with van der Waals surface area (Å²) < 4.78 is 53.0. The van der Waals surface area contributed by atoms with Gasteiger partial charge in [0.15, 0.2) is 12.9 Å². The molecule has 0 atom stereocenters. The van der Waals surface area contributed by atoms with Crippen molar-refractivity contribution in [3.63, 3.8) is 0 Å². The van der Waals surface area contributed by atoms with E-state index in [1.54, 1.807) is 5.32 Å². The number of nitrogens with one attached hydrogen (secondary N) is 1. The Morgan fingerprint density at radius 2 is 2.05 bits per heavy atom. The molecule has 0 spiro atoms. The Bertz CT molecular complexity index is 473. The number of benzene rings is 1. The van der Waals surface area contributed by atoms with Crippen LogP contribution in [0.3, 0.4) is 0 Å². The molecular formula is C11H9F4NO3. The minimum absolute atomic E-state index is 0.0847. The predicted molar refractivity (Wildman–Crippen MR) is 56.3 cm³/mol. The van der Waals surface area contributed by atoms with Gasteiger partial charge in [0.25, 0.3) is 5.91 Å². The van der Waals surface area contributed by atoms with Crippen LogP contribution < -0.4 is 10.1 Å². The van der Waals surface area contributed by atoms with Gasteiger partial charge in [0.1, 0.15) is 18.1 Å². The first kappa shape index (κ1) is 14.9. The quantitative estimate of drug-likeness (QED) is 0.659. The number of amides is 1. The second kappa shape index (κ2) is 6.17. The minimum atomic E-state index is -4.51. The third-order valence-electron chi connectivity index (χ3n) is 1.94. The second-order valence-corrected chi connectivity index (χ2v) is 3.48. The van der Waals surface area contributed by atoms with E-state index in [1.807, 2.05) is 0 Å². The summed E-state index contributed by atoms with van der Waals surface area (Å²) in [4.78, 5) is 21.6. The first-order chi connectivity index (χ1) is 8.81. The van der Waals surface area contributed by atoms with Gasteiger partial charge in [-0.15, -0.1) is 0 Å². The first-order valence-corrected chi connectivity index (χ1v) is 5.03. The highest BCUT2D eigenvalue weighted by atomic mass is 19.4. The summed E-state index contributed by atoms with van der Waals surface area (Å²) in [5.74, 6) is -1.76. The molecule has 0 saturated carbocycles. The Kier molecular flexibility index (Phi) is 4.85. The Morgan fingerprint density at radius 1 is 1.37 bits per heavy atom. The van der Waals surface area contributed by atoms with Gasteiger partial charge in [-0.3, -0.25) is 9.59 Å². The number of alkyl halides is 3. The van der Waals surface area contributed by atoms with Crippen LogP contribution in [-0.2, 0) is 4.79 Å². The molecule has 0 heterocycles. The van der Waals surface area contributed by atoms with E-state index >= 15 is 0 Å². The smallest absolute Gasteiger partial charge is 0.405 e. The molecule has 1 aromatic rings. The van der Waals surface area contributed by atoms with Crippen molar-refractivity contribution < 1.29 is 31.9 Å². The van der Waals surface area contributed by atoms with Crippen LogP contribution in [0.5, 0.6) is 5.75 Å². The van der Waals surface area contributed by atoms with Gasteiger partial charge in [-0.1, -0.05) is 0 Å². The van der Waals surface area contributed by atoms with Gasteiger partial charge in [-0.2, -0.15) is 13.2 Å². The molecule has 1 aromatic carbocycles.